The molecule has 8 heteroatoms. The molecule has 0 fully saturated rings. The lowest BCUT2D eigenvalue weighted by molar-refractivity contribution is 0.0940. The Morgan fingerprint density at radius 1 is 1.14 bits per heavy atom. The first-order valence-electron chi connectivity index (χ1n) is 8.54. The number of thiophene rings is 1. The van der Waals surface area contributed by atoms with Crippen LogP contribution < -0.4 is 10.0 Å². The lowest BCUT2D eigenvalue weighted by atomic mass is 10.1. The second-order valence-corrected chi connectivity index (χ2v) is 9.19. The van der Waals surface area contributed by atoms with Crippen molar-refractivity contribution in [3.8, 4) is 0 Å². The number of hydrogen-bond donors (Lipinski definition) is 2. The number of halogens is 1. The molecule has 0 aliphatic carbocycles. The SMILES string of the molecule is CC(Cc1ccsc1)NC(=O)c1cccc(S(=O)(=O)Nc2ccccc2Cl)c1. The van der Waals surface area contributed by atoms with Crippen LogP contribution in [0, 0.1) is 0 Å². The minimum atomic E-state index is -3.87. The molecular formula is C20H19ClN2O3S2. The van der Waals surface area contributed by atoms with Gasteiger partial charge in [-0.1, -0.05) is 29.8 Å². The molecule has 1 unspecified atom stereocenters. The highest BCUT2D eigenvalue weighted by Gasteiger charge is 2.18. The van der Waals surface area contributed by atoms with Gasteiger partial charge < -0.3 is 5.32 Å². The summed E-state index contributed by atoms with van der Waals surface area (Å²) in [4.78, 5) is 12.5. The summed E-state index contributed by atoms with van der Waals surface area (Å²) < 4.78 is 27.8. The third-order valence-electron chi connectivity index (χ3n) is 4.02. The highest BCUT2D eigenvalue weighted by Crippen LogP contribution is 2.24. The van der Waals surface area contributed by atoms with E-state index in [1.54, 1.807) is 47.7 Å². The van der Waals surface area contributed by atoms with Crippen molar-refractivity contribution in [2.24, 2.45) is 0 Å². The van der Waals surface area contributed by atoms with E-state index in [1.165, 1.54) is 12.1 Å². The van der Waals surface area contributed by atoms with Gasteiger partial charge in [-0.05, 0) is 66.1 Å². The number of carbonyl (C=O) groups excluding carboxylic acids is 1. The molecule has 2 N–H and O–H groups in total. The number of para-hydroxylation sites is 1. The lowest BCUT2D eigenvalue weighted by Gasteiger charge is -2.14. The van der Waals surface area contributed by atoms with Crippen molar-refractivity contribution in [3.05, 3.63) is 81.5 Å². The summed E-state index contributed by atoms with van der Waals surface area (Å²) in [5.41, 5.74) is 1.71. The maximum atomic E-state index is 12.7. The first kappa shape index (κ1) is 20.4. The molecule has 2 aromatic carbocycles. The molecule has 1 aromatic heterocycles. The molecule has 0 bridgehead atoms. The molecule has 3 rings (SSSR count). The zero-order valence-corrected chi connectivity index (χ0v) is 17.4. The minimum absolute atomic E-state index is 0.00874. The Morgan fingerprint density at radius 2 is 1.93 bits per heavy atom. The quantitative estimate of drug-likeness (QED) is 0.572. The summed E-state index contributed by atoms with van der Waals surface area (Å²) >= 11 is 7.63. The van der Waals surface area contributed by atoms with Crippen molar-refractivity contribution in [1.29, 1.82) is 0 Å². The van der Waals surface area contributed by atoms with E-state index in [0.29, 0.717) is 11.4 Å². The fraction of sp³-hybridized carbons (Fsp3) is 0.150. The van der Waals surface area contributed by atoms with Gasteiger partial charge in [0, 0.05) is 11.6 Å². The van der Waals surface area contributed by atoms with E-state index < -0.39 is 10.0 Å². The van der Waals surface area contributed by atoms with Gasteiger partial charge in [0.1, 0.15) is 0 Å². The molecule has 0 saturated heterocycles. The Labute approximate surface area is 173 Å². The second kappa shape index (κ2) is 8.77. The number of anilines is 1. The van der Waals surface area contributed by atoms with Crippen LogP contribution in [-0.2, 0) is 16.4 Å². The number of sulfonamides is 1. The monoisotopic (exact) mass is 434 g/mol. The Morgan fingerprint density at radius 3 is 2.64 bits per heavy atom. The van der Waals surface area contributed by atoms with E-state index in [4.69, 9.17) is 11.6 Å². The summed E-state index contributed by atoms with van der Waals surface area (Å²) in [6.45, 7) is 1.91. The fourth-order valence-corrected chi connectivity index (χ4v) is 4.72. The summed E-state index contributed by atoms with van der Waals surface area (Å²) in [5.74, 6) is -0.322. The molecule has 28 heavy (non-hydrogen) atoms. The van der Waals surface area contributed by atoms with E-state index in [-0.39, 0.29) is 28.1 Å². The van der Waals surface area contributed by atoms with Crippen molar-refractivity contribution in [3.63, 3.8) is 0 Å². The van der Waals surface area contributed by atoms with Crippen molar-refractivity contribution >= 4 is 44.6 Å². The first-order chi connectivity index (χ1) is 13.3. The van der Waals surface area contributed by atoms with Crippen LogP contribution in [-0.4, -0.2) is 20.4 Å². The second-order valence-electron chi connectivity index (χ2n) is 6.32. The summed E-state index contributed by atoms with van der Waals surface area (Å²) in [5, 5.41) is 7.22. The topological polar surface area (TPSA) is 75.3 Å². The minimum Gasteiger partial charge on any atom is -0.349 e. The average molecular weight is 435 g/mol. The van der Waals surface area contributed by atoms with Crippen LogP contribution in [0.25, 0.3) is 0 Å². The smallest absolute Gasteiger partial charge is 0.261 e. The molecule has 0 radical (unpaired) electrons. The van der Waals surface area contributed by atoms with Gasteiger partial charge in [-0.2, -0.15) is 11.3 Å². The van der Waals surface area contributed by atoms with E-state index >= 15 is 0 Å². The largest absolute Gasteiger partial charge is 0.349 e. The van der Waals surface area contributed by atoms with Crippen molar-refractivity contribution in [1.82, 2.24) is 5.32 Å². The van der Waals surface area contributed by atoms with Gasteiger partial charge in [-0.25, -0.2) is 8.42 Å². The Kier molecular flexibility index (Phi) is 6.39. The molecular weight excluding hydrogens is 416 g/mol. The van der Waals surface area contributed by atoms with Gasteiger partial charge in [-0.15, -0.1) is 0 Å². The normalized spacial score (nSPS) is 12.4. The zero-order chi connectivity index (χ0) is 20.1. The standard InChI is InChI=1S/C20H19ClN2O3S2/c1-14(11-15-9-10-27-13-15)22-20(24)16-5-4-6-17(12-16)28(25,26)23-19-8-3-2-7-18(19)21/h2-10,12-14,23H,11H2,1H3,(H,22,24). The molecule has 1 heterocycles. The number of benzene rings is 2. The number of amides is 1. The Bertz CT molecular complexity index is 1070. The van der Waals surface area contributed by atoms with Crippen LogP contribution >= 0.6 is 22.9 Å². The van der Waals surface area contributed by atoms with Gasteiger partial charge >= 0.3 is 0 Å². The molecule has 0 aliphatic heterocycles. The molecule has 0 spiro atoms. The summed E-state index contributed by atoms with van der Waals surface area (Å²) in [6, 6.07) is 14.4. The summed E-state index contributed by atoms with van der Waals surface area (Å²) in [7, 11) is -3.87. The number of rotatable bonds is 7. The molecule has 5 nitrogen and oxygen atoms in total. The number of carbonyl (C=O) groups is 1. The van der Waals surface area contributed by atoms with Crippen LogP contribution in [0.1, 0.15) is 22.8 Å². The Hall–Kier alpha value is -2.35. The molecule has 1 atom stereocenters. The highest BCUT2D eigenvalue weighted by atomic mass is 35.5. The highest BCUT2D eigenvalue weighted by molar-refractivity contribution is 7.92. The van der Waals surface area contributed by atoms with Crippen molar-refractivity contribution < 1.29 is 13.2 Å². The van der Waals surface area contributed by atoms with E-state index in [2.05, 4.69) is 10.0 Å². The Balaban J connectivity index is 1.73. The van der Waals surface area contributed by atoms with Crippen LogP contribution in [0.2, 0.25) is 5.02 Å². The maximum absolute atomic E-state index is 12.7. The zero-order valence-electron chi connectivity index (χ0n) is 15.1. The maximum Gasteiger partial charge on any atom is 0.261 e. The van der Waals surface area contributed by atoms with Gasteiger partial charge in [0.05, 0.1) is 15.6 Å². The fourth-order valence-electron chi connectivity index (χ4n) is 2.67. The van der Waals surface area contributed by atoms with Crippen LogP contribution in [0.5, 0.6) is 0 Å². The molecule has 3 aromatic rings. The van der Waals surface area contributed by atoms with Crippen molar-refractivity contribution in [2.45, 2.75) is 24.3 Å². The van der Waals surface area contributed by atoms with Gasteiger partial charge in [0.15, 0.2) is 0 Å². The van der Waals surface area contributed by atoms with E-state index in [9.17, 15) is 13.2 Å². The van der Waals surface area contributed by atoms with Crippen molar-refractivity contribution in [2.75, 3.05) is 4.72 Å². The van der Waals surface area contributed by atoms with Crippen LogP contribution in [0.15, 0.2) is 70.3 Å². The predicted octanol–water partition coefficient (Wildman–Crippen LogP) is 4.56. The van der Waals surface area contributed by atoms with E-state index in [1.807, 2.05) is 23.8 Å². The summed E-state index contributed by atoms with van der Waals surface area (Å²) in [6.07, 6.45) is 0.710. The third kappa shape index (κ3) is 5.13. The van der Waals surface area contributed by atoms with Crippen LogP contribution in [0.3, 0.4) is 0 Å². The van der Waals surface area contributed by atoms with Gasteiger partial charge in [0.25, 0.3) is 15.9 Å². The molecule has 1 amide bonds. The molecule has 146 valence electrons. The predicted molar refractivity (Wildman–Crippen MR) is 114 cm³/mol. The van der Waals surface area contributed by atoms with Gasteiger partial charge in [0.2, 0.25) is 0 Å². The lowest BCUT2D eigenvalue weighted by Crippen LogP contribution is -2.34. The van der Waals surface area contributed by atoms with E-state index in [0.717, 1.165) is 5.56 Å². The third-order valence-corrected chi connectivity index (χ3v) is 6.45. The molecule has 0 saturated carbocycles. The molecule has 0 aliphatic rings. The number of nitrogens with one attached hydrogen (secondary N) is 2. The average Bonchev–Trinajstić information content (AvgIpc) is 3.16. The van der Waals surface area contributed by atoms with Crippen LogP contribution in [0.4, 0.5) is 5.69 Å². The first-order valence-corrected chi connectivity index (χ1v) is 11.3. The number of hydrogen-bond acceptors (Lipinski definition) is 4. The van der Waals surface area contributed by atoms with Gasteiger partial charge in [-0.3, -0.25) is 9.52 Å².